The monoisotopic (exact) mass is 483 g/mol. The van der Waals surface area contributed by atoms with Crippen LogP contribution < -0.4 is 9.47 Å². The van der Waals surface area contributed by atoms with Crippen molar-refractivity contribution in [2.45, 2.75) is 57.9 Å². The summed E-state index contributed by atoms with van der Waals surface area (Å²) in [4.78, 5) is 25.8. The minimum atomic E-state index is -0.711. The Labute approximate surface area is 208 Å². The van der Waals surface area contributed by atoms with Gasteiger partial charge < -0.3 is 18.9 Å². The van der Waals surface area contributed by atoms with E-state index in [-0.39, 0.29) is 12.0 Å². The lowest BCUT2D eigenvalue weighted by Crippen LogP contribution is -2.34. The van der Waals surface area contributed by atoms with Crippen LogP contribution in [0.4, 0.5) is 4.79 Å². The number of ether oxygens (including phenoxy) is 4. The molecule has 35 heavy (non-hydrogen) atoms. The second-order valence-corrected chi connectivity index (χ2v) is 8.68. The number of hydrogen-bond acceptors (Lipinski definition) is 7. The predicted octanol–water partition coefficient (Wildman–Crippen LogP) is 5.50. The van der Waals surface area contributed by atoms with Crippen molar-refractivity contribution in [1.29, 1.82) is 0 Å². The standard InChI is InChI=1S/C28H37NO6/c1-4-34-27(30)14-7-8-18-29(19-17-21-10-5-6-13-26(21)32-2)25-12-9-11-22-20-23(15-16-24(22)25)35-28(31)33-3/h5-6,10,13,15-16,20,25H,4,7-9,11-12,14,17-19H2,1-3H3. The van der Waals surface area contributed by atoms with Crippen LogP contribution in [0, 0.1) is 0 Å². The topological polar surface area (TPSA) is 74.3 Å². The lowest BCUT2D eigenvalue weighted by Gasteiger charge is -2.36. The first kappa shape index (κ1) is 26.5. The molecule has 1 aliphatic rings. The van der Waals surface area contributed by atoms with Crippen LogP contribution in [0.2, 0.25) is 0 Å². The van der Waals surface area contributed by atoms with Crippen molar-refractivity contribution in [3.05, 3.63) is 59.2 Å². The molecule has 1 unspecified atom stereocenters. The van der Waals surface area contributed by atoms with Gasteiger partial charge in [0.05, 0.1) is 20.8 Å². The van der Waals surface area contributed by atoms with Crippen LogP contribution in [-0.4, -0.2) is 50.9 Å². The zero-order valence-electron chi connectivity index (χ0n) is 21.1. The molecule has 0 radical (unpaired) electrons. The van der Waals surface area contributed by atoms with E-state index in [1.54, 1.807) is 7.11 Å². The lowest BCUT2D eigenvalue weighted by atomic mass is 9.86. The fourth-order valence-electron chi connectivity index (χ4n) is 4.76. The van der Waals surface area contributed by atoms with Crippen molar-refractivity contribution in [2.75, 3.05) is 33.9 Å². The number of fused-ring (bicyclic) bond motifs is 1. The molecule has 7 nitrogen and oxygen atoms in total. The summed E-state index contributed by atoms with van der Waals surface area (Å²) in [5.74, 6) is 1.28. The molecule has 0 saturated heterocycles. The number of carbonyl (C=O) groups is 2. The smallest absolute Gasteiger partial charge is 0.496 e. The number of para-hydroxylation sites is 1. The largest absolute Gasteiger partial charge is 0.513 e. The fourth-order valence-corrected chi connectivity index (χ4v) is 4.76. The van der Waals surface area contributed by atoms with Crippen LogP contribution in [0.15, 0.2) is 42.5 Å². The maximum absolute atomic E-state index is 11.8. The number of methoxy groups -OCH3 is 2. The van der Waals surface area contributed by atoms with E-state index in [9.17, 15) is 9.59 Å². The van der Waals surface area contributed by atoms with Gasteiger partial charge in [-0.2, -0.15) is 0 Å². The third kappa shape index (κ3) is 7.72. The summed E-state index contributed by atoms with van der Waals surface area (Å²) in [5.41, 5.74) is 3.67. The fraction of sp³-hybridized carbons (Fsp3) is 0.500. The molecule has 0 spiro atoms. The lowest BCUT2D eigenvalue weighted by molar-refractivity contribution is -0.143. The Hall–Kier alpha value is -3.06. The number of nitrogens with zero attached hydrogens (tertiary/aromatic N) is 1. The molecule has 0 bridgehead atoms. The van der Waals surface area contributed by atoms with Crippen LogP contribution in [0.5, 0.6) is 11.5 Å². The Morgan fingerprint density at radius 1 is 1.06 bits per heavy atom. The highest BCUT2D eigenvalue weighted by Gasteiger charge is 2.26. The molecule has 0 saturated carbocycles. The number of rotatable bonds is 12. The van der Waals surface area contributed by atoms with Gasteiger partial charge in [-0.15, -0.1) is 0 Å². The van der Waals surface area contributed by atoms with Gasteiger partial charge in [-0.3, -0.25) is 9.69 Å². The highest BCUT2D eigenvalue weighted by molar-refractivity contribution is 5.69. The molecule has 0 aromatic heterocycles. The van der Waals surface area contributed by atoms with Gasteiger partial charge in [-0.05, 0) is 86.9 Å². The number of unbranched alkanes of at least 4 members (excludes halogenated alkanes) is 1. The Kier molecular flexibility index (Phi) is 10.4. The van der Waals surface area contributed by atoms with Crippen molar-refractivity contribution < 1.29 is 28.5 Å². The minimum Gasteiger partial charge on any atom is -0.496 e. The van der Waals surface area contributed by atoms with Crippen molar-refractivity contribution in [2.24, 2.45) is 0 Å². The van der Waals surface area contributed by atoms with E-state index in [2.05, 4.69) is 21.8 Å². The van der Waals surface area contributed by atoms with Crippen molar-refractivity contribution in [3.8, 4) is 11.5 Å². The quantitative estimate of drug-likeness (QED) is 0.224. The molecule has 0 N–H and O–H groups in total. The first-order chi connectivity index (χ1) is 17.0. The highest BCUT2D eigenvalue weighted by Crippen LogP contribution is 2.37. The molecule has 1 aliphatic carbocycles. The van der Waals surface area contributed by atoms with Gasteiger partial charge in [-0.1, -0.05) is 24.3 Å². The summed E-state index contributed by atoms with van der Waals surface area (Å²) >= 11 is 0. The molecule has 0 heterocycles. The number of esters is 1. The Bertz CT molecular complexity index is 976. The molecule has 2 aromatic rings. The second kappa shape index (κ2) is 13.7. The Morgan fingerprint density at radius 3 is 2.66 bits per heavy atom. The van der Waals surface area contributed by atoms with Crippen LogP contribution in [0.1, 0.15) is 61.8 Å². The van der Waals surface area contributed by atoms with E-state index >= 15 is 0 Å². The molecular weight excluding hydrogens is 446 g/mol. The van der Waals surface area contributed by atoms with Crippen LogP contribution >= 0.6 is 0 Å². The van der Waals surface area contributed by atoms with Crippen molar-refractivity contribution in [1.82, 2.24) is 4.90 Å². The molecule has 7 heteroatoms. The van der Waals surface area contributed by atoms with E-state index in [1.807, 2.05) is 37.3 Å². The average molecular weight is 484 g/mol. The third-order valence-electron chi connectivity index (χ3n) is 6.45. The molecule has 0 amide bonds. The van der Waals surface area contributed by atoms with Crippen LogP contribution in [-0.2, 0) is 27.1 Å². The average Bonchev–Trinajstić information content (AvgIpc) is 2.88. The first-order valence-electron chi connectivity index (χ1n) is 12.5. The molecular formula is C28H37NO6. The zero-order valence-corrected chi connectivity index (χ0v) is 21.1. The zero-order chi connectivity index (χ0) is 25.0. The summed E-state index contributed by atoms with van der Waals surface area (Å²) in [5, 5.41) is 0. The number of aryl methyl sites for hydroxylation is 1. The van der Waals surface area contributed by atoms with E-state index in [0.717, 1.165) is 57.4 Å². The number of hydrogen-bond donors (Lipinski definition) is 0. The molecule has 0 fully saturated rings. The van der Waals surface area contributed by atoms with Crippen molar-refractivity contribution in [3.63, 3.8) is 0 Å². The maximum atomic E-state index is 11.8. The van der Waals surface area contributed by atoms with Crippen LogP contribution in [0.3, 0.4) is 0 Å². The maximum Gasteiger partial charge on any atom is 0.513 e. The van der Waals surface area contributed by atoms with Crippen molar-refractivity contribution >= 4 is 12.1 Å². The Balaban J connectivity index is 1.74. The normalized spacial score (nSPS) is 14.8. The molecule has 2 aromatic carbocycles. The Morgan fingerprint density at radius 2 is 1.89 bits per heavy atom. The summed E-state index contributed by atoms with van der Waals surface area (Å²) in [6, 6.07) is 14.3. The van der Waals surface area contributed by atoms with Gasteiger partial charge in [0.2, 0.25) is 0 Å². The molecule has 3 rings (SSSR count). The van der Waals surface area contributed by atoms with E-state index in [1.165, 1.54) is 23.8 Å². The van der Waals surface area contributed by atoms with Gasteiger partial charge in [0, 0.05) is 19.0 Å². The third-order valence-corrected chi connectivity index (χ3v) is 6.45. The van der Waals surface area contributed by atoms with Crippen LogP contribution in [0.25, 0.3) is 0 Å². The predicted molar refractivity (Wildman–Crippen MR) is 134 cm³/mol. The summed E-state index contributed by atoms with van der Waals surface area (Å²) in [6.07, 6.45) is 5.41. The summed E-state index contributed by atoms with van der Waals surface area (Å²) in [6.45, 7) is 4.02. The molecule has 1 atom stereocenters. The number of carbonyl (C=O) groups excluding carboxylic acids is 2. The SMILES string of the molecule is CCOC(=O)CCCCN(CCc1ccccc1OC)C1CCCc2cc(OC(=O)OC)ccc21. The van der Waals surface area contributed by atoms with E-state index in [0.29, 0.717) is 18.8 Å². The van der Waals surface area contributed by atoms with Gasteiger partial charge in [-0.25, -0.2) is 4.79 Å². The molecule has 190 valence electrons. The minimum absolute atomic E-state index is 0.130. The van der Waals surface area contributed by atoms with E-state index in [4.69, 9.17) is 14.2 Å². The summed E-state index contributed by atoms with van der Waals surface area (Å²) < 4.78 is 20.5. The van der Waals surface area contributed by atoms with Gasteiger partial charge >= 0.3 is 12.1 Å². The van der Waals surface area contributed by atoms with Gasteiger partial charge in [0.1, 0.15) is 11.5 Å². The second-order valence-electron chi connectivity index (χ2n) is 8.68. The van der Waals surface area contributed by atoms with Gasteiger partial charge in [0.25, 0.3) is 0 Å². The highest BCUT2D eigenvalue weighted by atomic mass is 16.7. The molecule has 0 aliphatic heterocycles. The number of benzene rings is 2. The van der Waals surface area contributed by atoms with Gasteiger partial charge in [0.15, 0.2) is 0 Å². The van der Waals surface area contributed by atoms with E-state index < -0.39 is 6.16 Å². The first-order valence-corrected chi connectivity index (χ1v) is 12.5. The summed E-state index contributed by atoms with van der Waals surface area (Å²) in [7, 11) is 3.01.